The minimum atomic E-state index is 0.586. The summed E-state index contributed by atoms with van der Waals surface area (Å²) < 4.78 is 2.22. The van der Waals surface area contributed by atoms with Gasteiger partial charge in [-0.2, -0.15) is 0 Å². The van der Waals surface area contributed by atoms with Gasteiger partial charge >= 0.3 is 0 Å². The van der Waals surface area contributed by atoms with Crippen molar-refractivity contribution in [2.24, 2.45) is 10.9 Å². The Morgan fingerprint density at radius 1 is 1.32 bits per heavy atom. The van der Waals surface area contributed by atoms with E-state index < -0.39 is 0 Å². The molecule has 2 heterocycles. The van der Waals surface area contributed by atoms with Gasteiger partial charge in [-0.3, -0.25) is 4.99 Å². The van der Waals surface area contributed by atoms with Crippen molar-refractivity contribution in [3.8, 4) is 0 Å². The molecule has 0 saturated carbocycles. The van der Waals surface area contributed by atoms with Gasteiger partial charge in [-0.15, -0.1) is 0 Å². The summed E-state index contributed by atoms with van der Waals surface area (Å²) in [4.78, 5) is 11.3. The Kier molecular flexibility index (Phi) is 5.74. The number of benzene rings is 1. The molecule has 1 fully saturated rings. The van der Waals surface area contributed by atoms with Crippen molar-refractivity contribution in [1.29, 1.82) is 0 Å². The average Bonchev–Trinajstić information content (AvgIpc) is 3.26. The summed E-state index contributed by atoms with van der Waals surface area (Å²) >= 11 is 0. The average molecular weight is 339 g/mol. The molecule has 1 aromatic heterocycles. The first-order chi connectivity index (χ1) is 12.2. The van der Waals surface area contributed by atoms with Gasteiger partial charge in [0.25, 0.3) is 0 Å². The van der Waals surface area contributed by atoms with Gasteiger partial charge in [0.2, 0.25) is 0 Å². The summed E-state index contributed by atoms with van der Waals surface area (Å²) in [6, 6.07) is 10.8. The summed E-state index contributed by atoms with van der Waals surface area (Å²) in [5.74, 6) is 3.23. The van der Waals surface area contributed by atoms with Crippen LogP contribution >= 0.6 is 0 Å². The lowest BCUT2D eigenvalue weighted by Gasteiger charge is -2.22. The molecule has 0 aliphatic carbocycles. The molecule has 0 spiro atoms. The maximum atomic E-state index is 4.49. The number of hydrogen-bond acceptors (Lipinski definition) is 2. The van der Waals surface area contributed by atoms with Gasteiger partial charge in [-0.05, 0) is 17.9 Å². The largest absolute Gasteiger partial charge is 0.349 e. The van der Waals surface area contributed by atoms with E-state index in [1.165, 1.54) is 12.0 Å². The molecule has 1 aromatic carbocycles. The number of likely N-dealkylation sites (tertiary alicyclic amines) is 1. The first kappa shape index (κ1) is 17.5. The lowest BCUT2D eigenvalue weighted by molar-refractivity contribution is 0.475. The molecule has 1 N–H and O–H groups in total. The van der Waals surface area contributed by atoms with E-state index in [9.17, 15) is 0 Å². The van der Waals surface area contributed by atoms with Crippen molar-refractivity contribution in [2.45, 2.75) is 39.3 Å². The third-order valence-corrected chi connectivity index (χ3v) is 4.74. The highest BCUT2D eigenvalue weighted by Crippen LogP contribution is 2.26. The second-order valence-electron chi connectivity index (χ2n) is 7.13. The molecule has 0 amide bonds. The normalized spacial score (nSPS) is 18.2. The quantitative estimate of drug-likeness (QED) is 0.672. The Bertz CT molecular complexity index is 689. The predicted octanol–water partition coefficient (Wildman–Crippen LogP) is 3.10. The predicted molar refractivity (Wildman–Crippen MR) is 103 cm³/mol. The van der Waals surface area contributed by atoms with Crippen molar-refractivity contribution in [3.63, 3.8) is 0 Å². The number of hydrogen-bond donors (Lipinski definition) is 1. The first-order valence-electron chi connectivity index (χ1n) is 9.18. The standard InChI is InChI=1S/C20H29N5/c1-16(2)14-24-12-10-22-19(24)13-23-20(21-3)25-11-9-18(15-25)17-7-5-4-6-8-17/h4-8,10,12,16,18H,9,11,13-15H2,1-3H3,(H,21,23). The molecule has 5 nitrogen and oxygen atoms in total. The van der Waals surface area contributed by atoms with E-state index in [-0.39, 0.29) is 0 Å². The van der Waals surface area contributed by atoms with Crippen molar-refractivity contribution in [2.75, 3.05) is 20.1 Å². The summed E-state index contributed by atoms with van der Waals surface area (Å²) in [5.41, 5.74) is 1.42. The van der Waals surface area contributed by atoms with Crippen LogP contribution in [0.1, 0.15) is 37.6 Å². The van der Waals surface area contributed by atoms with Crippen molar-refractivity contribution < 1.29 is 0 Å². The van der Waals surface area contributed by atoms with Crippen molar-refractivity contribution in [1.82, 2.24) is 19.8 Å². The zero-order valence-electron chi connectivity index (χ0n) is 15.5. The van der Waals surface area contributed by atoms with E-state index in [4.69, 9.17) is 0 Å². The zero-order chi connectivity index (χ0) is 17.6. The van der Waals surface area contributed by atoms with Crippen LogP contribution in [0.15, 0.2) is 47.7 Å². The van der Waals surface area contributed by atoms with Crippen molar-refractivity contribution in [3.05, 3.63) is 54.1 Å². The van der Waals surface area contributed by atoms with Gasteiger partial charge in [0.15, 0.2) is 5.96 Å². The van der Waals surface area contributed by atoms with E-state index >= 15 is 0 Å². The topological polar surface area (TPSA) is 45.5 Å². The van der Waals surface area contributed by atoms with Gasteiger partial charge in [0.05, 0.1) is 6.54 Å². The molecule has 1 saturated heterocycles. The maximum Gasteiger partial charge on any atom is 0.194 e. The van der Waals surface area contributed by atoms with Crippen LogP contribution in [0.25, 0.3) is 0 Å². The monoisotopic (exact) mass is 339 g/mol. The van der Waals surface area contributed by atoms with E-state index in [2.05, 4.69) is 75.1 Å². The molecule has 25 heavy (non-hydrogen) atoms. The van der Waals surface area contributed by atoms with E-state index in [1.807, 2.05) is 13.2 Å². The van der Waals surface area contributed by atoms with Crippen LogP contribution in [-0.4, -0.2) is 40.5 Å². The fraction of sp³-hybridized carbons (Fsp3) is 0.500. The van der Waals surface area contributed by atoms with Crippen molar-refractivity contribution >= 4 is 5.96 Å². The van der Waals surface area contributed by atoms with Crippen LogP contribution in [0.2, 0.25) is 0 Å². The van der Waals surface area contributed by atoms with Gasteiger partial charge in [0.1, 0.15) is 5.82 Å². The van der Waals surface area contributed by atoms with Gasteiger partial charge in [-0.25, -0.2) is 4.98 Å². The minimum absolute atomic E-state index is 0.586. The Labute approximate surface area is 150 Å². The molecule has 5 heteroatoms. The molecule has 1 aliphatic rings. The number of aliphatic imine (C=N–C) groups is 1. The summed E-state index contributed by atoms with van der Waals surface area (Å²) in [6.45, 7) is 8.21. The number of nitrogens with one attached hydrogen (secondary N) is 1. The molecular weight excluding hydrogens is 310 g/mol. The fourth-order valence-electron chi connectivity index (χ4n) is 3.51. The lowest BCUT2D eigenvalue weighted by atomic mass is 9.99. The second kappa shape index (κ2) is 8.19. The first-order valence-corrected chi connectivity index (χ1v) is 9.18. The van der Waals surface area contributed by atoms with Crippen LogP contribution in [-0.2, 0) is 13.1 Å². The van der Waals surface area contributed by atoms with E-state index in [1.54, 1.807) is 0 Å². The van der Waals surface area contributed by atoms with Crippen LogP contribution in [0, 0.1) is 5.92 Å². The smallest absolute Gasteiger partial charge is 0.194 e. The maximum absolute atomic E-state index is 4.49. The SMILES string of the molecule is CN=C(NCc1nccn1CC(C)C)N1CCC(c2ccccc2)C1. The summed E-state index contributed by atoms with van der Waals surface area (Å²) in [5, 5.41) is 3.49. The summed E-state index contributed by atoms with van der Waals surface area (Å²) in [6.07, 6.45) is 5.11. The molecule has 0 radical (unpaired) electrons. The molecule has 134 valence electrons. The highest BCUT2D eigenvalue weighted by atomic mass is 15.3. The van der Waals surface area contributed by atoms with Crippen LogP contribution in [0.3, 0.4) is 0 Å². The van der Waals surface area contributed by atoms with Crippen LogP contribution in [0.4, 0.5) is 0 Å². The third-order valence-electron chi connectivity index (χ3n) is 4.74. The van der Waals surface area contributed by atoms with Gasteiger partial charge in [-0.1, -0.05) is 44.2 Å². The van der Waals surface area contributed by atoms with Gasteiger partial charge in [0, 0.05) is 45.0 Å². The molecule has 1 aliphatic heterocycles. The molecule has 0 bridgehead atoms. The highest BCUT2D eigenvalue weighted by molar-refractivity contribution is 5.80. The molecule has 1 unspecified atom stereocenters. The number of guanidine groups is 1. The lowest BCUT2D eigenvalue weighted by Crippen LogP contribution is -2.40. The van der Waals surface area contributed by atoms with E-state index in [0.717, 1.165) is 31.4 Å². The molecule has 2 aromatic rings. The fourth-order valence-corrected chi connectivity index (χ4v) is 3.51. The minimum Gasteiger partial charge on any atom is -0.349 e. The Balaban J connectivity index is 1.58. The zero-order valence-corrected chi connectivity index (χ0v) is 15.5. The Hall–Kier alpha value is -2.30. The second-order valence-corrected chi connectivity index (χ2v) is 7.13. The highest BCUT2D eigenvalue weighted by Gasteiger charge is 2.25. The number of imidazole rings is 1. The molecular formula is C20H29N5. The number of aromatic nitrogens is 2. The van der Waals surface area contributed by atoms with E-state index in [0.29, 0.717) is 18.4 Å². The molecule has 3 rings (SSSR count). The molecule has 1 atom stereocenters. The van der Waals surface area contributed by atoms with Crippen LogP contribution in [0.5, 0.6) is 0 Å². The van der Waals surface area contributed by atoms with Gasteiger partial charge < -0.3 is 14.8 Å². The summed E-state index contributed by atoms with van der Waals surface area (Å²) in [7, 11) is 1.86. The third kappa shape index (κ3) is 4.41. The van der Waals surface area contributed by atoms with Crippen LogP contribution < -0.4 is 5.32 Å². The Morgan fingerprint density at radius 3 is 2.84 bits per heavy atom. The number of nitrogens with zero attached hydrogens (tertiary/aromatic N) is 4. The number of rotatable bonds is 5. The Morgan fingerprint density at radius 2 is 2.12 bits per heavy atom.